The molecule has 2 atom stereocenters. The molecule has 0 bridgehead atoms. The largest absolute Gasteiger partial charge is 0.390 e. The summed E-state index contributed by atoms with van der Waals surface area (Å²) in [4.78, 5) is 14.8. The minimum atomic E-state index is -1.01. The standard InChI is InChI=1S/C12H16ClNO3S/c1-7-9(3-4-11(13)14-7)12(17)10(16)5-6-18-8(2)15/h3-4,10,12,16-17H,5-6H2,1-2H3. The number of rotatable bonds is 5. The smallest absolute Gasteiger partial charge is 0.185 e. The van der Waals surface area contributed by atoms with E-state index in [9.17, 15) is 15.0 Å². The third kappa shape index (κ3) is 4.57. The van der Waals surface area contributed by atoms with Crippen LogP contribution in [0.1, 0.15) is 30.7 Å². The lowest BCUT2D eigenvalue weighted by atomic mass is 10.0. The first-order chi connectivity index (χ1) is 8.41. The Labute approximate surface area is 115 Å². The van der Waals surface area contributed by atoms with Gasteiger partial charge in [0.2, 0.25) is 0 Å². The van der Waals surface area contributed by atoms with Crippen LogP contribution in [0.4, 0.5) is 0 Å². The molecule has 2 unspecified atom stereocenters. The van der Waals surface area contributed by atoms with E-state index < -0.39 is 12.2 Å². The van der Waals surface area contributed by atoms with Crippen LogP contribution in [0.15, 0.2) is 12.1 Å². The van der Waals surface area contributed by atoms with E-state index in [2.05, 4.69) is 4.98 Å². The van der Waals surface area contributed by atoms with E-state index in [0.29, 0.717) is 28.6 Å². The molecule has 1 heterocycles. The Hall–Kier alpha value is -0.620. The number of pyridine rings is 1. The number of hydrogen-bond donors (Lipinski definition) is 2. The Morgan fingerprint density at radius 3 is 2.72 bits per heavy atom. The van der Waals surface area contributed by atoms with E-state index in [1.807, 2.05) is 0 Å². The van der Waals surface area contributed by atoms with Gasteiger partial charge < -0.3 is 10.2 Å². The molecule has 0 aliphatic carbocycles. The van der Waals surface area contributed by atoms with Gasteiger partial charge in [0.1, 0.15) is 11.3 Å². The van der Waals surface area contributed by atoms with Crippen LogP contribution in [0.25, 0.3) is 0 Å². The van der Waals surface area contributed by atoms with Crippen molar-refractivity contribution in [3.05, 3.63) is 28.5 Å². The van der Waals surface area contributed by atoms with Crippen molar-refractivity contribution in [1.29, 1.82) is 0 Å². The van der Waals surface area contributed by atoms with Gasteiger partial charge in [0.25, 0.3) is 0 Å². The van der Waals surface area contributed by atoms with Crippen molar-refractivity contribution in [3.63, 3.8) is 0 Å². The first-order valence-electron chi connectivity index (χ1n) is 5.54. The highest BCUT2D eigenvalue weighted by molar-refractivity contribution is 8.13. The normalized spacial score (nSPS) is 14.3. The summed E-state index contributed by atoms with van der Waals surface area (Å²) in [5.74, 6) is 0.480. The number of thioether (sulfide) groups is 1. The third-order valence-electron chi connectivity index (χ3n) is 2.49. The van der Waals surface area contributed by atoms with Gasteiger partial charge in [0.15, 0.2) is 5.12 Å². The van der Waals surface area contributed by atoms with Gasteiger partial charge in [-0.05, 0) is 19.4 Å². The Balaban J connectivity index is 2.62. The molecule has 18 heavy (non-hydrogen) atoms. The van der Waals surface area contributed by atoms with Crippen LogP contribution < -0.4 is 0 Å². The number of halogens is 1. The average molecular weight is 290 g/mol. The highest BCUT2D eigenvalue weighted by Gasteiger charge is 2.20. The summed E-state index contributed by atoms with van der Waals surface area (Å²) in [5.41, 5.74) is 1.15. The number of aromatic nitrogens is 1. The highest BCUT2D eigenvalue weighted by atomic mass is 35.5. The fourth-order valence-electron chi connectivity index (χ4n) is 1.54. The van der Waals surface area contributed by atoms with Crippen LogP contribution in [0, 0.1) is 6.92 Å². The van der Waals surface area contributed by atoms with Crippen molar-refractivity contribution in [2.45, 2.75) is 32.5 Å². The Bertz CT molecular complexity index is 428. The minimum Gasteiger partial charge on any atom is -0.390 e. The van der Waals surface area contributed by atoms with E-state index in [0.717, 1.165) is 11.8 Å². The van der Waals surface area contributed by atoms with Crippen molar-refractivity contribution in [2.75, 3.05) is 5.75 Å². The van der Waals surface area contributed by atoms with Crippen molar-refractivity contribution in [1.82, 2.24) is 4.98 Å². The molecular weight excluding hydrogens is 274 g/mol. The number of nitrogens with zero attached hydrogens (tertiary/aromatic N) is 1. The minimum absolute atomic E-state index is 0.000954. The summed E-state index contributed by atoms with van der Waals surface area (Å²) in [6.07, 6.45) is -1.59. The second kappa shape index (κ2) is 7.09. The molecule has 0 saturated heterocycles. The van der Waals surface area contributed by atoms with E-state index in [1.54, 1.807) is 19.1 Å². The van der Waals surface area contributed by atoms with Gasteiger partial charge in [-0.25, -0.2) is 4.98 Å². The molecule has 0 saturated carbocycles. The van der Waals surface area contributed by atoms with E-state index in [-0.39, 0.29) is 5.12 Å². The van der Waals surface area contributed by atoms with Crippen LogP contribution in [0.2, 0.25) is 5.15 Å². The molecule has 1 aromatic heterocycles. The van der Waals surface area contributed by atoms with Crippen molar-refractivity contribution in [3.8, 4) is 0 Å². The maximum atomic E-state index is 10.8. The Morgan fingerprint density at radius 1 is 1.50 bits per heavy atom. The van der Waals surface area contributed by atoms with Gasteiger partial charge >= 0.3 is 0 Å². The summed E-state index contributed by atoms with van der Waals surface area (Å²) < 4.78 is 0. The molecule has 0 aromatic carbocycles. The predicted molar refractivity (Wildman–Crippen MR) is 72.7 cm³/mol. The van der Waals surface area contributed by atoms with Crippen LogP contribution in [-0.2, 0) is 4.79 Å². The van der Waals surface area contributed by atoms with Gasteiger partial charge in [0.05, 0.1) is 6.10 Å². The number of aryl methyl sites for hydroxylation is 1. The van der Waals surface area contributed by atoms with E-state index in [4.69, 9.17) is 11.6 Å². The zero-order valence-corrected chi connectivity index (χ0v) is 11.8. The fourth-order valence-corrected chi connectivity index (χ4v) is 2.38. The topological polar surface area (TPSA) is 70.4 Å². The highest BCUT2D eigenvalue weighted by Crippen LogP contribution is 2.23. The Morgan fingerprint density at radius 2 is 2.17 bits per heavy atom. The monoisotopic (exact) mass is 289 g/mol. The van der Waals surface area contributed by atoms with E-state index in [1.165, 1.54) is 6.92 Å². The first kappa shape index (κ1) is 15.4. The Kier molecular flexibility index (Phi) is 6.08. The molecule has 0 fully saturated rings. The first-order valence-corrected chi connectivity index (χ1v) is 6.90. The predicted octanol–water partition coefficient (Wildman–Crippen LogP) is 2.11. The van der Waals surface area contributed by atoms with Crippen molar-refractivity contribution in [2.24, 2.45) is 0 Å². The molecule has 2 N–H and O–H groups in total. The van der Waals surface area contributed by atoms with Gasteiger partial charge in [0, 0.05) is 23.9 Å². The third-order valence-corrected chi connectivity index (χ3v) is 3.55. The molecule has 0 aliphatic rings. The lowest BCUT2D eigenvalue weighted by Crippen LogP contribution is -2.20. The number of aliphatic hydroxyl groups excluding tert-OH is 2. The number of hydrogen-bond acceptors (Lipinski definition) is 5. The number of carbonyl (C=O) groups is 1. The summed E-state index contributed by atoms with van der Waals surface area (Å²) in [6, 6.07) is 3.22. The molecule has 1 aromatic rings. The maximum Gasteiger partial charge on any atom is 0.185 e. The van der Waals surface area contributed by atoms with Gasteiger partial charge in [-0.1, -0.05) is 29.4 Å². The summed E-state index contributed by atoms with van der Waals surface area (Å²) in [6.45, 7) is 3.20. The molecule has 0 radical (unpaired) electrons. The van der Waals surface area contributed by atoms with Gasteiger partial charge in [-0.3, -0.25) is 4.79 Å². The van der Waals surface area contributed by atoms with Crippen LogP contribution in [-0.4, -0.2) is 32.2 Å². The summed E-state index contributed by atoms with van der Waals surface area (Å²) in [7, 11) is 0. The van der Waals surface area contributed by atoms with Crippen LogP contribution in [0.3, 0.4) is 0 Å². The lowest BCUT2D eigenvalue weighted by Gasteiger charge is -2.19. The number of aliphatic hydroxyl groups is 2. The fraction of sp³-hybridized carbons (Fsp3) is 0.500. The molecular formula is C12H16ClNO3S. The van der Waals surface area contributed by atoms with E-state index >= 15 is 0 Å². The molecule has 0 amide bonds. The molecule has 0 aliphatic heterocycles. The molecule has 100 valence electrons. The summed E-state index contributed by atoms with van der Waals surface area (Å²) in [5, 5.41) is 20.2. The van der Waals surface area contributed by atoms with Crippen molar-refractivity contribution < 1.29 is 15.0 Å². The van der Waals surface area contributed by atoms with Gasteiger partial charge in [-0.15, -0.1) is 0 Å². The molecule has 0 spiro atoms. The lowest BCUT2D eigenvalue weighted by molar-refractivity contribution is -0.109. The average Bonchev–Trinajstić information content (AvgIpc) is 2.27. The maximum absolute atomic E-state index is 10.8. The van der Waals surface area contributed by atoms with Crippen LogP contribution in [0.5, 0.6) is 0 Å². The molecule has 6 heteroatoms. The zero-order valence-electron chi connectivity index (χ0n) is 10.3. The number of carbonyl (C=O) groups excluding carboxylic acids is 1. The quantitative estimate of drug-likeness (QED) is 0.813. The molecule has 4 nitrogen and oxygen atoms in total. The van der Waals surface area contributed by atoms with Crippen LogP contribution >= 0.6 is 23.4 Å². The zero-order chi connectivity index (χ0) is 13.7. The SMILES string of the molecule is CC(=O)SCCC(O)C(O)c1ccc(Cl)nc1C. The molecule has 1 rings (SSSR count). The van der Waals surface area contributed by atoms with Crippen molar-refractivity contribution >= 4 is 28.5 Å². The second-order valence-corrected chi connectivity index (χ2v) is 5.61. The summed E-state index contributed by atoms with van der Waals surface area (Å²) >= 11 is 6.86. The second-order valence-electron chi connectivity index (χ2n) is 3.95. The van der Waals surface area contributed by atoms with Gasteiger partial charge in [-0.2, -0.15) is 0 Å².